The molecule has 0 aromatic rings. The average molecular weight is 253 g/mol. The van der Waals surface area contributed by atoms with Crippen LogP contribution in [0.1, 0.15) is 52.4 Å². The fourth-order valence-corrected chi connectivity index (χ4v) is 3.62. The molecule has 4 nitrogen and oxygen atoms in total. The van der Waals surface area contributed by atoms with Crippen LogP contribution in [-0.4, -0.2) is 35.0 Å². The summed E-state index contributed by atoms with van der Waals surface area (Å²) in [5.74, 6) is 0.425. The average Bonchev–Trinajstić information content (AvgIpc) is 2.32. The molecule has 1 saturated heterocycles. The molecular formula is C14H27N3O. The molecule has 4 heteroatoms. The van der Waals surface area contributed by atoms with Gasteiger partial charge in [-0.05, 0) is 51.4 Å². The van der Waals surface area contributed by atoms with Gasteiger partial charge in [-0.2, -0.15) is 0 Å². The van der Waals surface area contributed by atoms with Crippen LogP contribution in [0.2, 0.25) is 0 Å². The second kappa shape index (κ2) is 5.17. The number of likely N-dealkylation sites (tertiary alicyclic amines) is 1. The van der Waals surface area contributed by atoms with Gasteiger partial charge in [-0.15, -0.1) is 0 Å². The second-order valence-corrected chi connectivity index (χ2v) is 6.50. The van der Waals surface area contributed by atoms with Crippen LogP contribution < -0.4 is 11.5 Å². The van der Waals surface area contributed by atoms with Gasteiger partial charge in [0.1, 0.15) is 0 Å². The summed E-state index contributed by atoms with van der Waals surface area (Å²) < 4.78 is 0. The van der Waals surface area contributed by atoms with Crippen LogP contribution >= 0.6 is 0 Å². The molecule has 2 fully saturated rings. The van der Waals surface area contributed by atoms with E-state index in [4.69, 9.17) is 11.5 Å². The third-order valence-corrected chi connectivity index (χ3v) is 4.89. The Balaban J connectivity index is 2.06. The number of amides is 1. The highest BCUT2D eigenvalue weighted by Crippen LogP contribution is 2.33. The Morgan fingerprint density at radius 1 is 1.28 bits per heavy atom. The van der Waals surface area contributed by atoms with E-state index in [0.717, 1.165) is 38.1 Å². The monoisotopic (exact) mass is 253 g/mol. The predicted octanol–water partition coefficient (Wildman–Crippen LogP) is 1.23. The van der Waals surface area contributed by atoms with Gasteiger partial charge in [-0.1, -0.05) is 6.92 Å². The first-order chi connectivity index (χ1) is 8.42. The van der Waals surface area contributed by atoms with Crippen molar-refractivity contribution in [3.8, 4) is 0 Å². The van der Waals surface area contributed by atoms with Gasteiger partial charge >= 0.3 is 0 Å². The molecule has 1 aliphatic carbocycles. The molecule has 0 radical (unpaired) electrons. The number of hydrogen-bond donors (Lipinski definition) is 2. The van der Waals surface area contributed by atoms with Gasteiger partial charge in [-0.25, -0.2) is 0 Å². The van der Waals surface area contributed by atoms with E-state index in [0.29, 0.717) is 12.1 Å². The number of nitrogens with zero attached hydrogens (tertiary/aromatic N) is 1. The highest BCUT2D eigenvalue weighted by atomic mass is 16.1. The maximum Gasteiger partial charge on any atom is 0.237 e. The van der Waals surface area contributed by atoms with Crippen molar-refractivity contribution < 1.29 is 4.79 Å². The van der Waals surface area contributed by atoms with E-state index in [1.165, 1.54) is 12.8 Å². The lowest BCUT2D eigenvalue weighted by molar-refractivity contribution is -0.125. The molecule has 0 spiro atoms. The van der Waals surface area contributed by atoms with Crippen molar-refractivity contribution in [2.45, 2.75) is 70.0 Å². The summed E-state index contributed by atoms with van der Waals surface area (Å²) in [4.78, 5) is 14.1. The van der Waals surface area contributed by atoms with Gasteiger partial charge in [0, 0.05) is 18.6 Å². The normalized spacial score (nSPS) is 42.7. The third kappa shape index (κ3) is 2.69. The van der Waals surface area contributed by atoms with Gasteiger partial charge in [0.25, 0.3) is 0 Å². The zero-order valence-corrected chi connectivity index (χ0v) is 11.7. The zero-order valence-electron chi connectivity index (χ0n) is 11.7. The van der Waals surface area contributed by atoms with E-state index in [1.54, 1.807) is 0 Å². The number of nitrogens with two attached hydrogens (primary N) is 2. The van der Waals surface area contributed by atoms with E-state index in [2.05, 4.69) is 18.7 Å². The molecule has 0 aromatic heterocycles. The van der Waals surface area contributed by atoms with Gasteiger partial charge in [-0.3, -0.25) is 9.69 Å². The summed E-state index contributed by atoms with van der Waals surface area (Å²) in [6.07, 6.45) is 6.22. The van der Waals surface area contributed by atoms with Crippen molar-refractivity contribution in [2.75, 3.05) is 6.54 Å². The zero-order chi connectivity index (χ0) is 13.3. The lowest BCUT2D eigenvalue weighted by Gasteiger charge is -2.46. The van der Waals surface area contributed by atoms with Crippen LogP contribution in [0.4, 0.5) is 0 Å². The van der Waals surface area contributed by atoms with E-state index in [9.17, 15) is 4.79 Å². The summed E-state index contributed by atoms with van der Waals surface area (Å²) in [5, 5.41) is 0. The lowest BCUT2D eigenvalue weighted by Crippen LogP contribution is -2.60. The Bertz CT molecular complexity index is 320. The summed E-state index contributed by atoms with van der Waals surface area (Å²) in [6, 6.07) is 1.05. The molecule has 0 aromatic carbocycles. The molecule has 1 heterocycles. The van der Waals surface area contributed by atoms with E-state index in [-0.39, 0.29) is 5.91 Å². The Morgan fingerprint density at radius 3 is 2.67 bits per heavy atom. The van der Waals surface area contributed by atoms with E-state index < -0.39 is 5.54 Å². The van der Waals surface area contributed by atoms with Crippen LogP contribution in [0.5, 0.6) is 0 Å². The first-order valence-electron chi connectivity index (χ1n) is 7.27. The van der Waals surface area contributed by atoms with Crippen LogP contribution in [0.3, 0.4) is 0 Å². The van der Waals surface area contributed by atoms with Crippen molar-refractivity contribution >= 4 is 5.91 Å². The topological polar surface area (TPSA) is 72.3 Å². The first-order valence-corrected chi connectivity index (χ1v) is 7.27. The molecule has 1 aliphatic heterocycles. The van der Waals surface area contributed by atoms with Gasteiger partial charge in [0.05, 0.1) is 5.54 Å². The summed E-state index contributed by atoms with van der Waals surface area (Å²) in [5.41, 5.74) is 10.9. The van der Waals surface area contributed by atoms with Crippen LogP contribution in [0, 0.1) is 5.92 Å². The molecular weight excluding hydrogens is 226 g/mol. The number of primary amides is 1. The quantitative estimate of drug-likeness (QED) is 0.777. The standard InChI is InChI=1S/C14H27N3O/c1-10-5-6-11(2)17(9-10)12-4-3-7-14(16,8-12)13(15)18/h10-12H,3-9,16H2,1-2H3,(H2,15,18). The molecule has 104 valence electrons. The fourth-order valence-electron chi connectivity index (χ4n) is 3.62. The van der Waals surface area contributed by atoms with Crippen LogP contribution in [-0.2, 0) is 4.79 Å². The molecule has 0 bridgehead atoms. The van der Waals surface area contributed by atoms with Crippen LogP contribution in [0.15, 0.2) is 0 Å². The second-order valence-electron chi connectivity index (χ2n) is 6.50. The third-order valence-electron chi connectivity index (χ3n) is 4.89. The van der Waals surface area contributed by atoms with Gasteiger partial charge < -0.3 is 11.5 Å². The molecule has 2 aliphatic rings. The molecule has 4 unspecified atom stereocenters. The molecule has 4 N–H and O–H groups in total. The summed E-state index contributed by atoms with van der Waals surface area (Å²) in [6.45, 7) is 5.75. The van der Waals surface area contributed by atoms with Crippen LogP contribution in [0.25, 0.3) is 0 Å². The van der Waals surface area contributed by atoms with Crippen molar-refractivity contribution in [1.82, 2.24) is 4.90 Å². The first kappa shape index (κ1) is 13.8. The summed E-state index contributed by atoms with van der Waals surface area (Å²) in [7, 11) is 0. The minimum Gasteiger partial charge on any atom is -0.368 e. The van der Waals surface area contributed by atoms with E-state index >= 15 is 0 Å². The Kier molecular flexibility index (Phi) is 3.97. The van der Waals surface area contributed by atoms with Crippen molar-refractivity contribution in [2.24, 2.45) is 17.4 Å². The van der Waals surface area contributed by atoms with E-state index in [1.807, 2.05) is 0 Å². The molecule has 1 amide bonds. The highest BCUT2D eigenvalue weighted by molar-refractivity contribution is 5.84. The minimum absolute atomic E-state index is 0.329. The smallest absolute Gasteiger partial charge is 0.237 e. The lowest BCUT2D eigenvalue weighted by atomic mass is 9.77. The maximum absolute atomic E-state index is 11.5. The van der Waals surface area contributed by atoms with Gasteiger partial charge in [0.2, 0.25) is 5.91 Å². The van der Waals surface area contributed by atoms with Gasteiger partial charge in [0.15, 0.2) is 0 Å². The highest BCUT2D eigenvalue weighted by Gasteiger charge is 2.41. The molecule has 2 rings (SSSR count). The molecule has 1 saturated carbocycles. The SMILES string of the molecule is CC1CCC(C)N(C2CCCC(N)(C(N)=O)C2)C1. The Morgan fingerprint density at radius 2 is 2.00 bits per heavy atom. The van der Waals surface area contributed by atoms with Crippen molar-refractivity contribution in [3.63, 3.8) is 0 Å². The number of hydrogen-bond acceptors (Lipinski definition) is 3. The molecule has 18 heavy (non-hydrogen) atoms. The number of carbonyl (C=O) groups excluding carboxylic acids is 1. The Hall–Kier alpha value is -0.610. The maximum atomic E-state index is 11.5. The summed E-state index contributed by atoms with van der Waals surface area (Å²) >= 11 is 0. The Labute approximate surface area is 110 Å². The largest absolute Gasteiger partial charge is 0.368 e. The fraction of sp³-hybridized carbons (Fsp3) is 0.929. The number of piperidine rings is 1. The number of carbonyl (C=O) groups is 1. The molecule has 4 atom stereocenters. The predicted molar refractivity (Wildman–Crippen MR) is 72.9 cm³/mol. The number of rotatable bonds is 2. The minimum atomic E-state index is -0.774. The van der Waals surface area contributed by atoms with Crippen molar-refractivity contribution in [1.29, 1.82) is 0 Å². The van der Waals surface area contributed by atoms with Crippen molar-refractivity contribution in [3.05, 3.63) is 0 Å².